The van der Waals surface area contributed by atoms with Crippen LogP contribution in [0.1, 0.15) is 75.9 Å². The van der Waals surface area contributed by atoms with Gasteiger partial charge in [0.2, 0.25) is 5.91 Å². The minimum Gasteiger partial charge on any atom is -0.748 e. The normalized spacial score (nSPS) is 15.0. The van der Waals surface area contributed by atoms with Crippen LogP contribution in [0, 0.1) is 0 Å². The Bertz CT molecular complexity index is 1930. The van der Waals surface area contributed by atoms with Crippen molar-refractivity contribution >= 4 is 33.9 Å². The summed E-state index contributed by atoms with van der Waals surface area (Å²) in [5.41, 5.74) is 0.302. The highest BCUT2D eigenvalue weighted by molar-refractivity contribution is 7.85. The number of ether oxygens (including phenoxy) is 2. The molecule has 5 N–H and O–H groups in total. The molecular weight excluding hydrogens is 698 g/mol. The first kappa shape index (κ1) is 38.1. The second kappa shape index (κ2) is 15.6. The van der Waals surface area contributed by atoms with Gasteiger partial charge in [-0.2, -0.15) is 0 Å². The lowest BCUT2D eigenvalue weighted by Gasteiger charge is -2.36. The average molecular weight is 740 g/mol. The van der Waals surface area contributed by atoms with E-state index in [9.17, 15) is 42.4 Å². The molecule has 278 valence electrons. The van der Waals surface area contributed by atoms with E-state index in [4.69, 9.17) is 14.6 Å². The summed E-state index contributed by atoms with van der Waals surface area (Å²) < 4.78 is 46.1. The zero-order chi connectivity index (χ0) is 37.7. The lowest BCUT2D eigenvalue weighted by molar-refractivity contribution is -0.909. The number of carboxylic acids is 1. The van der Waals surface area contributed by atoms with Gasteiger partial charge in [-0.1, -0.05) is 6.07 Å². The standard InChI is InChI=1S/C36H41N3O12S/c1-39(18-5-19-52(47,48)49,16-3-14-37-32(42)6-2-7-33(43)44)17-4-15-38-34(45)23-8-11-27-26(20-23)35(46)51-36(27)28-12-9-24(40)21-30(28)50-31-22-25(41)10-13-29(31)36/h8-13,20-22H,2-7,14-19H2,1H3,(H5-,37,38,40,41,42,43,44,45,47,48,49). The Labute approximate surface area is 300 Å². The molecular formula is C36H41N3O12S. The average Bonchev–Trinajstić information content (AvgIpc) is 3.35. The number of carbonyl (C=O) groups is 4. The van der Waals surface area contributed by atoms with E-state index < -0.39 is 39.3 Å². The fourth-order valence-corrected chi connectivity index (χ4v) is 7.23. The number of fused-ring (bicyclic) bond motifs is 6. The molecule has 1 atom stereocenters. The van der Waals surface area contributed by atoms with Crippen LogP contribution in [0.3, 0.4) is 0 Å². The minimum atomic E-state index is -4.39. The highest BCUT2D eigenvalue weighted by atomic mass is 32.2. The number of hydrogen-bond acceptors (Lipinski definition) is 11. The number of nitrogens with zero attached hydrogens (tertiary/aromatic N) is 1. The van der Waals surface area contributed by atoms with Gasteiger partial charge in [0, 0.05) is 85.3 Å². The van der Waals surface area contributed by atoms with Crippen LogP contribution in [-0.4, -0.2) is 102 Å². The minimum absolute atomic E-state index is 0.0705. The van der Waals surface area contributed by atoms with Crippen molar-refractivity contribution in [2.45, 2.75) is 44.1 Å². The smallest absolute Gasteiger partial charge is 0.340 e. The molecule has 5 rings (SSSR count). The second-order valence-electron chi connectivity index (χ2n) is 13.3. The maximum Gasteiger partial charge on any atom is 0.340 e. The summed E-state index contributed by atoms with van der Waals surface area (Å²) in [5.74, 6) is -2.51. The molecule has 0 aliphatic carbocycles. The number of benzene rings is 3. The number of quaternary nitrogens is 1. The van der Waals surface area contributed by atoms with E-state index in [1.54, 1.807) is 24.3 Å². The van der Waals surface area contributed by atoms with Crippen molar-refractivity contribution in [2.75, 3.05) is 45.5 Å². The first-order valence-electron chi connectivity index (χ1n) is 16.9. The van der Waals surface area contributed by atoms with Gasteiger partial charge in [-0.25, -0.2) is 13.2 Å². The number of aliphatic carboxylic acids is 1. The SMILES string of the molecule is C[N+](CCCNC(=O)CCCC(=O)O)(CCCNC(=O)c1ccc2c(c1)C(=O)OC21c2ccc(O)cc2Oc2cc(O)ccc21)CCCS(=O)(=O)[O-]. The van der Waals surface area contributed by atoms with Gasteiger partial charge in [-0.15, -0.1) is 0 Å². The molecule has 0 aromatic heterocycles. The first-order chi connectivity index (χ1) is 24.6. The summed E-state index contributed by atoms with van der Waals surface area (Å²) in [6, 6.07) is 13.5. The van der Waals surface area contributed by atoms with E-state index in [2.05, 4.69) is 10.6 Å². The van der Waals surface area contributed by atoms with E-state index in [-0.39, 0.29) is 72.3 Å². The molecule has 16 heteroatoms. The summed E-state index contributed by atoms with van der Waals surface area (Å²) in [4.78, 5) is 49.3. The van der Waals surface area contributed by atoms with Gasteiger partial charge in [0.15, 0.2) is 5.60 Å². The molecule has 0 radical (unpaired) electrons. The van der Waals surface area contributed by atoms with Crippen molar-refractivity contribution < 1.29 is 61.4 Å². The van der Waals surface area contributed by atoms with Gasteiger partial charge in [0.05, 0.1) is 42.4 Å². The number of aromatic hydroxyl groups is 2. The molecule has 2 aliphatic rings. The zero-order valence-electron chi connectivity index (χ0n) is 28.6. The predicted molar refractivity (Wildman–Crippen MR) is 184 cm³/mol. The highest BCUT2D eigenvalue weighted by Gasteiger charge is 2.53. The molecule has 0 saturated heterocycles. The molecule has 0 saturated carbocycles. The lowest BCUT2D eigenvalue weighted by Crippen LogP contribution is -2.48. The third-order valence-electron chi connectivity index (χ3n) is 9.28. The number of esters is 1. The fourth-order valence-electron chi connectivity index (χ4n) is 6.75. The maximum absolute atomic E-state index is 13.4. The van der Waals surface area contributed by atoms with E-state index >= 15 is 0 Å². The van der Waals surface area contributed by atoms with Gasteiger partial charge in [-0.05, 0) is 42.8 Å². The molecule has 0 fully saturated rings. The third kappa shape index (κ3) is 8.81. The van der Waals surface area contributed by atoms with Crippen LogP contribution in [-0.2, 0) is 30.0 Å². The van der Waals surface area contributed by atoms with Crippen LogP contribution in [0.2, 0.25) is 0 Å². The summed E-state index contributed by atoms with van der Waals surface area (Å²) in [6.45, 7) is 2.05. The summed E-state index contributed by atoms with van der Waals surface area (Å²) in [7, 11) is -2.48. The number of carbonyl (C=O) groups excluding carboxylic acids is 3. The van der Waals surface area contributed by atoms with E-state index in [0.717, 1.165) is 0 Å². The summed E-state index contributed by atoms with van der Waals surface area (Å²) >= 11 is 0. The first-order valence-corrected chi connectivity index (χ1v) is 18.4. The number of phenolic OH excluding ortho intramolecular Hbond substituents is 2. The van der Waals surface area contributed by atoms with Gasteiger partial charge >= 0.3 is 11.9 Å². The number of hydrogen-bond donors (Lipinski definition) is 5. The maximum atomic E-state index is 13.4. The quantitative estimate of drug-likeness (QED) is 0.0583. The van der Waals surface area contributed by atoms with Crippen molar-refractivity contribution in [3.8, 4) is 23.0 Å². The van der Waals surface area contributed by atoms with Gasteiger partial charge in [0.1, 0.15) is 23.0 Å². The molecule has 1 spiro atoms. The Morgan fingerprint density at radius 1 is 0.808 bits per heavy atom. The van der Waals surface area contributed by atoms with Crippen molar-refractivity contribution in [1.82, 2.24) is 10.6 Å². The molecule has 2 amide bonds. The number of amides is 2. The Balaban J connectivity index is 1.23. The van der Waals surface area contributed by atoms with Crippen molar-refractivity contribution in [3.63, 3.8) is 0 Å². The lowest BCUT2D eigenvalue weighted by atomic mass is 9.77. The molecule has 2 heterocycles. The monoisotopic (exact) mass is 739 g/mol. The molecule has 2 aliphatic heterocycles. The molecule has 3 aromatic rings. The largest absolute Gasteiger partial charge is 0.748 e. The Morgan fingerprint density at radius 3 is 1.98 bits per heavy atom. The molecule has 0 bridgehead atoms. The topological polar surface area (TPSA) is 229 Å². The molecule has 52 heavy (non-hydrogen) atoms. The van der Waals surface area contributed by atoms with Gasteiger partial charge in [-0.3, -0.25) is 14.4 Å². The van der Waals surface area contributed by atoms with Crippen LogP contribution < -0.4 is 15.4 Å². The number of nitrogens with one attached hydrogen (secondary N) is 2. The van der Waals surface area contributed by atoms with E-state index in [1.165, 1.54) is 30.3 Å². The second-order valence-corrected chi connectivity index (χ2v) is 14.8. The number of carboxylic acid groups (broad SMARTS) is 1. The van der Waals surface area contributed by atoms with Gasteiger partial charge in [0.25, 0.3) is 5.91 Å². The molecule has 3 aromatic carbocycles. The highest BCUT2D eigenvalue weighted by Crippen LogP contribution is 2.57. The summed E-state index contributed by atoms with van der Waals surface area (Å²) in [5, 5.41) is 34.6. The third-order valence-corrected chi connectivity index (χ3v) is 10.1. The van der Waals surface area contributed by atoms with Crippen LogP contribution in [0.4, 0.5) is 0 Å². The Hall–Kier alpha value is -5.19. The van der Waals surface area contributed by atoms with Crippen LogP contribution in [0.25, 0.3) is 0 Å². The predicted octanol–water partition coefficient (Wildman–Crippen LogP) is 2.93. The van der Waals surface area contributed by atoms with Crippen LogP contribution in [0.15, 0.2) is 54.6 Å². The fraction of sp³-hybridized carbons (Fsp3) is 0.389. The van der Waals surface area contributed by atoms with Crippen LogP contribution in [0.5, 0.6) is 23.0 Å². The molecule has 15 nitrogen and oxygen atoms in total. The van der Waals surface area contributed by atoms with Crippen molar-refractivity contribution in [1.29, 1.82) is 0 Å². The molecule has 1 unspecified atom stereocenters. The Morgan fingerprint density at radius 2 is 1.38 bits per heavy atom. The zero-order valence-corrected chi connectivity index (χ0v) is 29.4. The number of phenols is 2. The van der Waals surface area contributed by atoms with Crippen molar-refractivity contribution in [3.05, 3.63) is 82.4 Å². The summed E-state index contributed by atoms with van der Waals surface area (Å²) in [6.07, 6.45) is 1.43. The van der Waals surface area contributed by atoms with E-state index in [0.29, 0.717) is 60.2 Å². The van der Waals surface area contributed by atoms with Gasteiger partial charge < -0.3 is 44.5 Å². The van der Waals surface area contributed by atoms with Crippen LogP contribution >= 0.6 is 0 Å². The number of rotatable bonds is 17. The van der Waals surface area contributed by atoms with E-state index in [1.807, 2.05) is 7.05 Å². The Kier molecular flexibility index (Phi) is 11.4. The van der Waals surface area contributed by atoms with Crippen molar-refractivity contribution in [2.24, 2.45) is 0 Å².